The standard InChI is InChI=1S/C30H27NO5/c1-18(2)36-25-14-13-21(16-19(25)3)28(32)26-27(24-12-6-9-20-8-4-5-11-23(20)24)31(30(34)29(26)33)17-22-10-7-15-35-22/h4-16,18,27,32H,17H2,1-3H3/b28-26-. The molecular formula is C30H27NO5. The monoisotopic (exact) mass is 481 g/mol. The summed E-state index contributed by atoms with van der Waals surface area (Å²) in [6.45, 7) is 5.87. The molecular weight excluding hydrogens is 454 g/mol. The lowest BCUT2D eigenvalue weighted by atomic mass is 9.91. The van der Waals surface area contributed by atoms with Crippen LogP contribution in [0.5, 0.6) is 5.75 Å². The van der Waals surface area contributed by atoms with Crippen molar-refractivity contribution >= 4 is 28.2 Å². The minimum atomic E-state index is -0.784. The van der Waals surface area contributed by atoms with Crippen molar-refractivity contribution in [1.29, 1.82) is 0 Å². The number of benzene rings is 3. The van der Waals surface area contributed by atoms with Crippen molar-refractivity contribution in [2.24, 2.45) is 0 Å². The highest BCUT2D eigenvalue weighted by Gasteiger charge is 2.46. The summed E-state index contributed by atoms with van der Waals surface area (Å²) in [5.41, 5.74) is 2.08. The molecule has 1 atom stereocenters. The van der Waals surface area contributed by atoms with Crippen LogP contribution in [-0.2, 0) is 16.1 Å². The summed E-state index contributed by atoms with van der Waals surface area (Å²) in [6.07, 6.45) is 1.53. The Labute approximate surface area is 209 Å². The second-order valence-electron chi connectivity index (χ2n) is 9.22. The first-order chi connectivity index (χ1) is 17.3. The number of carbonyl (C=O) groups excluding carboxylic acids is 2. The van der Waals surface area contributed by atoms with Crippen LogP contribution in [0.25, 0.3) is 16.5 Å². The number of likely N-dealkylation sites (tertiary alicyclic amines) is 1. The van der Waals surface area contributed by atoms with E-state index < -0.39 is 17.7 Å². The molecule has 1 amide bonds. The smallest absolute Gasteiger partial charge is 0.296 e. The highest BCUT2D eigenvalue weighted by atomic mass is 16.5. The fourth-order valence-electron chi connectivity index (χ4n) is 4.76. The number of amides is 1. The van der Waals surface area contributed by atoms with Crippen LogP contribution in [0.4, 0.5) is 0 Å². The van der Waals surface area contributed by atoms with Gasteiger partial charge in [0.05, 0.1) is 30.5 Å². The molecule has 0 aliphatic carbocycles. The number of nitrogens with zero attached hydrogens (tertiary/aromatic N) is 1. The Bertz CT molecular complexity index is 1480. The summed E-state index contributed by atoms with van der Waals surface area (Å²) in [4.78, 5) is 28.2. The highest BCUT2D eigenvalue weighted by molar-refractivity contribution is 6.46. The number of furan rings is 1. The van der Waals surface area contributed by atoms with Crippen LogP contribution >= 0.6 is 0 Å². The van der Waals surface area contributed by atoms with E-state index in [1.165, 1.54) is 11.2 Å². The first-order valence-corrected chi connectivity index (χ1v) is 11.9. The molecule has 1 saturated heterocycles. The fraction of sp³-hybridized carbons (Fsp3) is 0.200. The van der Waals surface area contributed by atoms with Crippen LogP contribution in [0.15, 0.2) is 89.0 Å². The molecule has 0 radical (unpaired) electrons. The molecule has 2 heterocycles. The van der Waals surface area contributed by atoms with Gasteiger partial charge in [-0.2, -0.15) is 0 Å². The van der Waals surface area contributed by atoms with Crippen LogP contribution in [0, 0.1) is 6.92 Å². The van der Waals surface area contributed by atoms with Gasteiger partial charge in [0.2, 0.25) is 0 Å². The van der Waals surface area contributed by atoms with Gasteiger partial charge >= 0.3 is 0 Å². The van der Waals surface area contributed by atoms with E-state index in [-0.39, 0.29) is 24.0 Å². The zero-order valence-electron chi connectivity index (χ0n) is 20.4. The third kappa shape index (κ3) is 4.15. The number of hydrogen-bond donors (Lipinski definition) is 1. The van der Waals surface area contributed by atoms with E-state index in [4.69, 9.17) is 9.15 Å². The predicted octanol–water partition coefficient (Wildman–Crippen LogP) is 6.15. The van der Waals surface area contributed by atoms with Crippen molar-refractivity contribution in [2.45, 2.75) is 39.5 Å². The minimum absolute atomic E-state index is 0.00133. The average Bonchev–Trinajstić information content (AvgIpc) is 3.47. The number of Topliss-reactive ketones (excluding diaryl/α,β-unsaturated/α-hetero) is 1. The molecule has 0 spiro atoms. The van der Waals surface area contributed by atoms with Gasteiger partial charge in [-0.05, 0) is 73.0 Å². The van der Waals surface area contributed by atoms with E-state index in [9.17, 15) is 14.7 Å². The number of hydrogen-bond acceptors (Lipinski definition) is 5. The Morgan fingerprint density at radius 3 is 2.53 bits per heavy atom. The third-order valence-corrected chi connectivity index (χ3v) is 6.38. The normalized spacial score (nSPS) is 17.3. The number of aliphatic hydroxyl groups is 1. The van der Waals surface area contributed by atoms with Gasteiger partial charge in [0, 0.05) is 5.56 Å². The Balaban J connectivity index is 1.69. The molecule has 1 fully saturated rings. The molecule has 1 aromatic heterocycles. The Morgan fingerprint density at radius 2 is 1.81 bits per heavy atom. The van der Waals surface area contributed by atoms with E-state index in [0.29, 0.717) is 17.1 Å². The van der Waals surface area contributed by atoms with Crippen molar-refractivity contribution in [2.75, 3.05) is 0 Å². The number of fused-ring (bicyclic) bond motifs is 1. The number of ether oxygens (including phenoxy) is 1. The van der Waals surface area contributed by atoms with Crippen LogP contribution in [0.2, 0.25) is 0 Å². The highest BCUT2D eigenvalue weighted by Crippen LogP contribution is 2.43. The second-order valence-corrected chi connectivity index (χ2v) is 9.22. The second kappa shape index (κ2) is 9.38. The summed E-state index contributed by atoms with van der Waals surface area (Å²) in [5, 5.41) is 13.3. The molecule has 1 N–H and O–H groups in total. The van der Waals surface area contributed by atoms with Gasteiger partial charge in [-0.1, -0.05) is 42.5 Å². The van der Waals surface area contributed by atoms with Crippen LogP contribution in [0.3, 0.4) is 0 Å². The largest absolute Gasteiger partial charge is 0.507 e. The van der Waals surface area contributed by atoms with E-state index in [2.05, 4.69) is 0 Å². The lowest BCUT2D eigenvalue weighted by Gasteiger charge is -2.25. The van der Waals surface area contributed by atoms with Crippen molar-refractivity contribution in [1.82, 2.24) is 4.90 Å². The fourth-order valence-corrected chi connectivity index (χ4v) is 4.76. The molecule has 182 valence electrons. The van der Waals surface area contributed by atoms with Crippen molar-refractivity contribution in [3.63, 3.8) is 0 Å². The van der Waals surface area contributed by atoms with Crippen molar-refractivity contribution < 1.29 is 23.8 Å². The van der Waals surface area contributed by atoms with E-state index in [0.717, 1.165) is 21.9 Å². The van der Waals surface area contributed by atoms with Crippen LogP contribution in [-0.4, -0.2) is 27.8 Å². The molecule has 1 aliphatic rings. The lowest BCUT2D eigenvalue weighted by molar-refractivity contribution is -0.140. The van der Waals surface area contributed by atoms with Crippen molar-refractivity contribution in [3.8, 4) is 5.75 Å². The van der Waals surface area contributed by atoms with Crippen molar-refractivity contribution in [3.05, 3.63) is 107 Å². The van der Waals surface area contributed by atoms with E-state index in [1.807, 2.05) is 63.2 Å². The summed E-state index contributed by atoms with van der Waals surface area (Å²) in [7, 11) is 0. The van der Waals surface area contributed by atoms with Gasteiger partial charge in [-0.25, -0.2) is 0 Å². The lowest BCUT2D eigenvalue weighted by Crippen LogP contribution is -2.29. The molecule has 1 unspecified atom stereocenters. The molecule has 4 aromatic rings. The van der Waals surface area contributed by atoms with Gasteiger partial charge in [0.25, 0.3) is 11.7 Å². The van der Waals surface area contributed by atoms with E-state index in [1.54, 1.807) is 30.3 Å². The van der Waals surface area contributed by atoms with Gasteiger partial charge < -0.3 is 19.2 Å². The minimum Gasteiger partial charge on any atom is -0.507 e. The van der Waals surface area contributed by atoms with Crippen LogP contribution < -0.4 is 4.74 Å². The summed E-state index contributed by atoms with van der Waals surface area (Å²) < 4.78 is 11.3. The Morgan fingerprint density at radius 1 is 1.03 bits per heavy atom. The van der Waals surface area contributed by atoms with Gasteiger partial charge in [0.15, 0.2) is 0 Å². The molecule has 36 heavy (non-hydrogen) atoms. The quantitative estimate of drug-likeness (QED) is 0.203. The topological polar surface area (TPSA) is 80.0 Å². The number of carbonyl (C=O) groups is 2. The molecule has 0 saturated carbocycles. The SMILES string of the molecule is Cc1cc(/C(O)=C2/C(=O)C(=O)N(Cc3ccco3)C2c2cccc3ccccc23)ccc1OC(C)C. The van der Waals surface area contributed by atoms with Gasteiger partial charge in [-0.3, -0.25) is 9.59 Å². The predicted molar refractivity (Wildman–Crippen MR) is 137 cm³/mol. The maximum Gasteiger partial charge on any atom is 0.296 e. The maximum atomic E-state index is 13.4. The average molecular weight is 482 g/mol. The number of aryl methyl sites for hydroxylation is 1. The Hall–Kier alpha value is -4.32. The molecule has 6 heteroatoms. The van der Waals surface area contributed by atoms with Gasteiger partial charge in [0.1, 0.15) is 17.3 Å². The number of aliphatic hydroxyl groups excluding tert-OH is 1. The third-order valence-electron chi connectivity index (χ3n) is 6.38. The molecule has 0 bridgehead atoms. The number of rotatable bonds is 6. The molecule has 5 rings (SSSR count). The first kappa shape index (κ1) is 23.4. The Kier molecular flexibility index (Phi) is 6.10. The molecule has 3 aromatic carbocycles. The molecule has 6 nitrogen and oxygen atoms in total. The maximum absolute atomic E-state index is 13.4. The molecule has 1 aliphatic heterocycles. The number of ketones is 1. The zero-order chi connectivity index (χ0) is 25.4. The summed E-state index contributed by atoms with van der Waals surface area (Å²) in [6, 6.07) is 21.5. The summed E-state index contributed by atoms with van der Waals surface area (Å²) in [5.74, 6) is -0.370. The van der Waals surface area contributed by atoms with E-state index >= 15 is 0 Å². The zero-order valence-corrected chi connectivity index (χ0v) is 20.4. The van der Waals surface area contributed by atoms with Crippen LogP contribution in [0.1, 0.15) is 42.3 Å². The van der Waals surface area contributed by atoms with Gasteiger partial charge in [-0.15, -0.1) is 0 Å². The summed E-state index contributed by atoms with van der Waals surface area (Å²) >= 11 is 0. The first-order valence-electron chi connectivity index (χ1n) is 11.9.